The molecule has 124 valence electrons. The molecule has 0 aromatic heterocycles. The highest BCUT2D eigenvalue weighted by Crippen LogP contribution is 2.52. The smallest absolute Gasteiger partial charge is 0.305 e. The van der Waals surface area contributed by atoms with Crippen molar-refractivity contribution in [1.29, 1.82) is 0 Å². The van der Waals surface area contributed by atoms with Crippen LogP contribution in [0.3, 0.4) is 0 Å². The minimum atomic E-state index is -0.320. The summed E-state index contributed by atoms with van der Waals surface area (Å²) in [5, 5.41) is 10.3. The lowest BCUT2D eigenvalue weighted by Crippen LogP contribution is -2.17. The number of aryl methyl sites for hydroxylation is 1. The van der Waals surface area contributed by atoms with Crippen molar-refractivity contribution in [3.05, 3.63) is 42.0 Å². The van der Waals surface area contributed by atoms with E-state index in [0.717, 1.165) is 30.6 Å². The van der Waals surface area contributed by atoms with Crippen molar-refractivity contribution in [3.63, 3.8) is 0 Å². The molecule has 4 nitrogen and oxygen atoms in total. The number of para-hydroxylation sites is 1. The minimum absolute atomic E-state index is 0.0618. The van der Waals surface area contributed by atoms with Gasteiger partial charge in [0.2, 0.25) is 0 Å². The molecule has 1 fully saturated rings. The zero-order valence-electron chi connectivity index (χ0n) is 13.5. The van der Waals surface area contributed by atoms with Crippen LogP contribution in [-0.4, -0.2) is 30.4 Å². The van der Waals surface area contributed by atoms with E-state index in [2.05, 4.69) is 23.4 Å². The first-order chi connectivity index (χ1) is 11.2. The quantitative estimate of drug-likeness (QED) is 0.647. The molecule has 0 radical (unpaired) electrons. The van der Waals surface area contributed by atoms with Gasteiger partial charge in [0.05, 0.1) is 13.2 Å². The van der Waals surface area contributed by atoms with Crippen molar-refractivity contribution in [3.8, 4) is 5.75 Å². The van der Waals surface area contributed by atoms with E-state index in [0.29, 0.717) is 12.8 Å². The average molecular weight is 316 g/mol. The SMILES string of the molecule is C=CC[C@@H]1[C@H]2c3cccc(CCCC(=O)OC)c3O[C@H]2C[C@H]1O. The minimum Gasteiger partial charge on any atom is -0.489 e. The van der Waals surface area contributed by atoms with Gasteiger partial charge >= 0.3 is 5.97 Å². The molecular weight excluding hydrogens is 292 g/mol. The van der Waals surface area contributed by atoms with Gasteiger partial charge in [-0.25, -0.2) is 0 Å². The molecule has 0 unspecified atom stereocenters. The Bertz CT molecular complexity index is 595. The Morgan fingerprint density at radius 1 is 1.52 bits per heavy atom. The number of aliphatic hydroxyl groups is 1. The van der Waals surface area contributed by atoms with E-state index in [1.165, 1.54) is 12.7 Å². The molecule has 2 aliphatic rings. The van der Waals surface area contributed by atoms with E-state index in [9.17, 15) is 9.90 Å². The fourth-order valence-corrected chi connectivity index (χ4v) is 4.01. The standard InChI is InChI=1S/C19H24O4/c1-3-6-13-15(20)11-16-18(13)14-9-4-7-12(19(14)23-16)8-5-10-17(21)22-2/h3-4,7,9,13,15-16,18,20H,1,5-6,8,10-11H2,2H3/t13-,15+,16-,18-/m0/s1. The van der Waals surface area contributed by atoms with Crippen LogP contribution in [-0.2, 0) is 16.0 Å². The second-order valence-electron chi connectivity index (χ2n) is 6.44. The Labute approximate surface area is 137 Å². The summed E-state index contributed by atoms with van der Waals surface area (Å²) in [6.45, 7) is 3.82. The summed E-state index contributed by atoms with van der Waals surface area (Å²) < 4.78 is 10.9. The van der Waals surface area contributed by atoms with Crippen LogP contribution in [0.25, 0.3) is 0 Å². The number of aliphatic hydroxyl groups excluding tert-OH is 1. The van der Waals surface area contributed by atoms with Gasteiger partial charge in [0, 0.05) is 24.3 Å². The maximum Gasteiger partial charge on any atom is 0.305 e. The van der Waals surface area contributed by atoms with E-state index in [-0.39, 0.29) is 30.0 Å². The van der Waals surface area contributed by atoms with Crippen molar-refractivity contribution < 1.29 is 19.4 Å². The van der Waals surface area contributed by atoms with Gasteiger partial charge in [0.25, 0.3) is 0 Å². The Kier molecular flexibility index (Phi) is 4.71. The summed E-state index contributed by atoms with van der Waals surface area (Å²) in [6, 6.07) is 6.22. The predicted octanol–water partition coefficient (Wildman–Crippen LogP) is 2.98. The van der Waals surface area contributed by atoms with Gasteiger partial charge in [-0.15, -0.1) is 6.58 Å². The van der Waals surface area contributed by atoms with Crippen LogP contribution in [0.2, 0.25) is 0 Å². The third-order valence-electron chi connectivity index (χ3n) is 5.08. The fraction of sp³-hybridized carbons (Fsp3) is 0.526. The first-order valence-corrected chi connectivity index (χ1v) is 8.30. The Morgan fingerprint density at radius 3 is 3.09 bits per heavy atom. The number of methoxy groups -OCH3 is 1. The fourth-order valence-electron chi connectivity index (χ4n) is 4.01. The molecule has 0 bridgehead atoms. The van der Waals surface area contributed by atoms with Gasteiger partial charge in [-0.3, -0.25) is 4.79 Å². The van der Waals surface area contributed by atoms with Gasteiger partial charge in [0.1, 0.15) is 11.9 Å². The Hall–Kier alpha value is -1.81. The predicted molar refractivity (Wildman–Crippen MR) is 87.5 cm³/mol. The lowest BCUT2D eigenvalue weighted by atomic mass is 9.85. The molecule has 1 aromatic carbocycles. The van der Waals surface area contributed by atoms with Crippen LogP contribution >= 0.6 is 0 Å². The van der Waals surface area contributed by atoms with E-state index in [4.69, 9.17) is 4.74 Å². The maximum absolute atomic E-state index is 11.3. The van der Waals surface area contributed by atoms with E-state index in [1.54, 1.807) is 0 Å². The number of ether oxygens (including phenoxy) is 2. The monoisotopic (exact) mass is 316 g/mol. The molecule has 1 N–H and O–H groups in total. The lowest BCUT2D eigenvalue weighted by Gasteiger charge is -2.19. The van der Waals surface area contributed by atoms with Crippen molar-refractivity contribution in [2.45, 2.75) is 50.2 Å². The molecule has 3 rings (SSSR count). The van der Waals surface area contributed by atoms with Gasteiger partial charge in [-0.05, 0) is 30.7 Å². The molecule has 23 heavy (non-hydrogen) atoms. The Balaban J connectivity index is 1.77. The normalized spacial score (nSPS) is 27.9. The molecular formula is C19H24O4. The van der Waals surface area contributed by atoms with E-state index in [1.807, 2.05) is 12.1 Å². The summed E-state index contributed by atoms with van der Waals surface area (Å²) in [5.74, 6) is 1.22. The Morgan fingerprint density at radius 2 is 2.35 bits per heavy atom. The molecule has 0 amide bonds. The van der Waals surface area contributed by atoms with Crippen LogP contribution in [0.15, 0.2) is 30.9 Å². The summed E-state index contributed by atoms with van der Waals surface area (Å²) in [7, 11) is 1.41. The molecule has 1 aromatic rings. The highest BCUT2D eigenvalue weighted by molar-refractivity contribution is 5.69. The zero-order valence-corrected chi connectivity index (χ0v) is 13.5. The topological polar surface area (TPSA) is 55.8 Å². The number of hydrogen-bond donors (Lipinski definition) is 1. The summed E-state index contributed by atoms with van der Waals surface area (Å²) in [4.78, 5) is 11.3. The second-order valence-corrected chi connectivity index (χ2v) is 6.44. The molecule has 4 heteroatoms. The van der Waals surface area contributed by atoms with Crippen molar-refractivity contribution in [2.24, 2.45) is 5.92 Å². The van der Waals surface area contributed by atoms with Gasteiger partial charge in [0.15, 0.2) is 0 Å². The number of carbonyl (C=O) groups excluding carboxylic acids is 1. The largest absolute Gasteiger partial charge is 0.489 e. The average Bonchev–Trinajstić information content (AvgIpc) is 3.04. The third kappa shape index (κ3) is 3.00. The number of esters is 1. The van der Waals surface area contributed by atoms with Crippen LogP contribution in [0, 0.1) is 5.92 Å². The lowest BCUT2D eigenvalue weighted by molar-refractivity contribution is -0.140. The van der Waals surface area contributed by atoms with Crippen LogP contribution in [0.4, 0.5) is 0 Å². The van der Waals surface area contributed by atoms with Crippen LogP contribution in [0.1, 0.15) is 42.7 Å². The third-order valence-corrected chi connectivity index (χ3v) is 5.08. The number of rotatable bonds is 6. The number of hydrogen-bond acceptors (Lipinski definition) is 4. The molecule has 1 heterocycles. The number of benzene rings is 1. The summed E-state index contributed by atoms with van der Waals surface area (Å²) >= 11 is 0. The first kappa shape index (κ1) is 16.1. The van der Waals surface area contributed by atoms with Crippen molar-refractivity contribution in [1.82, 2.24) is 0 Å². The molecule has 1 aliphatic carbocycles. The number of fused-ring (bicyclic) bond motifs is 3. The van der Waals surface area contributed by atoms with Gasteiger partial charge < -0.3 is 14.6 Å². The van der Waals surface area contributed by atoms with Crippen molar-refractivity contribution >= 4 is 5.97 Å². The number of allylic oxidation sites excluding steroid dienone is 1. The van der Waals surface area contributed by atoms with Gasteiger partial charge in [-0.1, -0.05) is 24.3 Å². The first-order valence-electron chi connectivity index (χ1n) is 8.30. The molecule has 1 aliphatic heterocycles. The number of carbonyl (C=O) groups is 1. The van der Waals surface area contributed by atoms with Crippen LogP contribution in [0.5, 0.6) is 5.75 Å². The molecule has 0 spiro atoms. The molecule has 1 saturated carbocycles. The van der Waals surface area contributed by atoms with Crippen molar-refractivity contribution in [2.75, 3.05) is 7.11 Å². The summed E-state index contributed by atoms with van der Waals surface area (Å²) in [6.07, 6.45) is 5.08. The second kappa shape index (κ2) is 6.75. The molecule has 4 atom stereocenters. The maximum atomic E-state index is 11.3. The van der Waals surface area contributed by atoms with Crippen LogP contribution < -0.4 is 4.74 Å². The highest BCUT2D eigenvalue weighted by Gasteiger charge is 2.49. The molecule has 0 saturated heterocycles. The van der Waals surface area contributed by atoms with E-state index < -0.39 is 0 Å². The zero-order chi connectivity index (χ0) is 16.4. The van der Waals surface area contributed by atoms with Gasteiger partial charge in [-0.2, -0.15) is 0 Å². The van der Waals surface area contributed by atoms with E-state index >= 15 is 0 Å². The summed E-state index contributed by atoms with van der Waals surface area (Å²) in [5.41, 5.74) is 2.35. The highest BCUT2D eigenvalue weighted by atomic mass is 16.5.